The van der Waals surface area contributed by atoms with Crippen LogP contribution in [0.25, 0.3) is 0 Å². The van der Waals surface area contributed by atoms with Gasteiger partial charge in [-0.1, -0.05) is 0 Å². The molecule has 1 spiro atoms. The summed E-state index contributed by atoms with van der Waals surface area (Å²) in [6.07, 6.45) is -4.73. The first-order valence-electron chi connectivity index (χ1n) is 6.39. The third kappa shape index (κ3) is 2.95. The van der Waals surface area contributed by atoms with Crippen molar-refractivity contribution in [2.75, 3.05) is 18.1 Å². The van der Waals surface area contributed by atoms with E-state index < -0.39 is 29.4 Å². The van der Waals surface area contributed by atoms with Crippen LogP contribution in [0.15, 0.2) is 0 Å². The second kappa shape index (κ2) is 5.44. The van der Waals surface area contributed by atoms with E-state index in [1.807, 2.05) is 0 Å². The number of Topliss-reactive ketones (excluding diaryl/α,β-unsaturated/α-hetero) is 1. The fraction of sp³-hybridized carbons (Fsp3) is 0.917. The maximum Gasteiger partial charge on any atom is 0.461 e. The highest BCUT2D eigenvalue weighted by atomic mass is 32.2. The Labute approximate surface area is 117 Å². The van der Waals surface area contributed by atoms with Crippen molar-refractivity contribution in [3.63, 3.8) is 0 Å². The zero-order valence-corrected chi connectivity index (χ0v) is 11.5. The third-order valence-electron chi connectivity index (χ3n) is 3.93. The normalized spacial score (nSPS) is 27.6. The number of hydrogen-bond donors (Lipinski definition) is 0. The summed E-state index contributed by atoms with van der Waals surface area (Å²) in [6, 6.07) is 0. The van der Waals surface area contributed by atoms with Crippen LogP contribution < -0.4 is 0 Å². The molecule has 0 N–H and O–H groups in total. The molecule has 2 fully saturated rings. The summed E-state index contributed by atoms with van der Waals surface area (Å²) in [5.74, 6) is -7.00. The second-order valence-corrected chi connectivity index (χ2v) is 6.49. The molecule has 0 bridgehead atoms. The predicted molar refractivity (Wildman–Crippen MR) is 64.0 cm³/mol. The zero-order chi connectivity index (χ0) is 15.0. The third-order valence-corrected chi connectivity index (χ3v) is 4.92. The van der Waals surface area contributed by atoms with Gasteiger partial charge in [-0.3, -0.25) is 4.79 Å². The van der Waals surface area contributed by atoms with Gasteiger partial charge < -0.3 is 4.74 Å². The number of carbonyl (C=O) groups excluding carboxylic acids is 1. The average molecular weight is 318 g/mol. The van der Waals surface area contributed by atoms with Crippen molar-refractivity contribution in [3.05, 3.63) is 0 Å². The molecule has 20 heavy (non-hydrogen) atoms. The number of ether oxygens (including phenoxy) is 1. The SMILES string of the molecule is O=C(C1CCOC2(CCSCC2)C1)C(F)(F)C(F)(F)F. The minimum Gasteiger partial charge on any atom is -0.375 e. The summed E-state index contributed by atoms with van der Waals surface area (Å²) in [7, 11) is 0. The molecule has 0 radical (unpaired) electrons. The highest BCUT2D eigenvalue weighted by molar-refractivity contribution is 7.99. The predicted octanol–water partition coefficient (Wildman–Crippen LogP) is 3.45. The number of carbonyl (C=O) groups is 1. The average Bonchev–Trinajstić information content (AvgIpc) is 2.37. The van der Waals surface area contributed by atoms with E-state index in [0.717, 1.165) is 11.5 Å². The Morgan fingerprint density at radius 3 is 2.30 bits per heavy atom. The summed E-state index contributed by atoms with van der Waals surface area (Å²) < 4.78 is 68.7. The quantitative estimate of drug-likeness (QED) is 0.730. The molecule has 0 amide bonds. The van der Waals surface area contributed by atoms with E-state index in [1.54, 1.807) is 11.8 Å². The van der Waals surface area contributed by atoms with Gasteiger partial charge in [-0.05, 0) is 37.2 Å². The van der Waals surface area contributed by atoms with Crippen LogP contribution in [0.5, 0.6) is 0 Å². The second-order valence-electron chi connectivity index (χ2n) is 5.27. The highest BCUT2D eigenvalue weighted by Crippen LogP contribution is 2.44. The van der Waals surface area contributed by atoms with E-state index in [2.05, 4.69) is 0 Å². The molecule has 2 rings (SSSR count). The lowest BCUT2D eigenvalue weighted by molar-refractivity contribution is -0.272. The van der Waals surface area contributed by atoms with Crippen molar-refractivity contribution < 1.29 is 31.5 Å². The van der Waals surface area contributed by atoms with Crippen LogP contribution in [-0.4, -0.2) is 41.6 Å². The molecule has 2 heterocycles. The number of alkyl halides is 5. The first-order chi connectivity index (χ1) is 9.18. The Kier molecular flexibility index (Phi) is 4.35. The Balaban J connectivity index is 2.11. The Morgan fingerprint density at radius 1 is 1.15 bits per heavy atom. The van der Waals surface area contributed by atoms with Gasteiger partial charge in [-0.15, -0.1) is 0 Å². The van der Waals surface area contributed by atoms with Crippen LogP contribution in [0.2, 0.25) is 0 Å². The van der Waals surface area contributed by atoms with Crippen LogP contribution in [0, 0.1) is 5.92 Å². The van der Waals surface area contributed by atoms with Gasteiger partial charge in [-0.25, -0.2) is 0 Å². The molecule has 0 aromatic carbocycles. The van der Waals surface area contributed by atoms with E-state index in [0.29, 0.717) is 12.8 Å². The van der Waals surface area contributed by atoms with Gasteiger partial charge in [0.2, 0.25) is 5.78 Å². The first-order valence-corrected chi connectivity index (χ1v) is 7.54. The molecule has 2 aliphatic heterocycles. The van der Waals surface area contributed by atoms with Crippen LogP contribution in [0.3, 0.4) is 0 Å². The number of rotatable bonds is 2. The van der Waals surface area contributed by atoms with Gasteiger partial charge in [0.15, 0.2) is 0 Å². The van der Waals surface area contributed by atoms with Crippen molar-refractivity contribution in [3.8, 4) is 0 Å². The topological polar surface area (TPSA) is 26.3 Å². The summed E-state index contributed by atoms with van der Waals surface area (Å²) in [6.45, 7) is 0.0645. The Morgan fingerprint density at radius 2 is 1.75 bits per heavy atom. The summed E-state index contributed by atoms with van der Waals surface area (Å²) in [4.78, 5) is 11.6. The summed E-state index contributed by atoms with van der Waals surface area (Å²) in [5, 5.41) is 0. The minimum atomic E-state index is -5.82. The molecule has 0 aliphatic carbocycles. The van der Waals surface area contributed by atoms with Crippen LogP contribution in [-0.2, 0) is 9.53 Å². The summed E-state index contributed by atoms with van der Waals surface area (Å²) >= 11 is 1.69. The smallest absolute Gasteiger partial charge is 0.375 e. The number of halogens is 5. The van der Waals surface area contributed by atoms with Crippen LogP contribution >= 0.6 is 11.8 Å². The molecule has 2 aliphatic rings. The molecule has 0 aromatic heterocycles. The highest BCUT2D eigenvalue weighted by Gasteiger charge is 2.64. The van der Waals surface area contributed by atoms with Gasteiger partial charge in [0, 0.05) is 12.5 Å². The molecular formula is C12H15F5O2S. The molecule has 2 saturated heterocycles. The lowest BCUT2D eigenvalue weighted by Gasteiger charge is -2.43. The Bertz CT molecular complexity index is 371. The largest absolute Gasteiger partial charge is 0.461 e. The molecule has 8 heteroatoms. The van der Waals surface area contributed by atoms with E-state index in [-0.39, 0.29) is 19.4 Å². The minimum absolute atomic E-state index is 0.0297. The van der Waals surface area contributed by atoms with Gasteiger partial charge in [0.1, 0.15) is 0 Å². The number of ketones is 1. The van der Waals surface area contributed by atoms with Gasteiger partial charge in [0.25, 0.3) is 0 Å². The van der Waals surface area contributed by atoms with Crippen molar-refractivity contribution in [1.82, 2.24) is 0 Å². The van der Waals surface area contributed by atoms with Gasteiger partial charge in [0.05, 0.1) is 5.60 Å². The number of thioether (sulfide) groups is 1. The standard InChI is InChI=1S/C12H15F5O2S/c13-11(14,12(15,16)17)9(18)8-1-4-19-10(7-8)2-5-20-6-3-10/h8H,1-7H2. The number of hydrogen-bond acceptors (Lipinski definition) is 3. The molecular weight excluding hydrogens is 303 g/mol. The van der Waals surface area contributed by atoms with E-state index in [1.165, 1.54) is 0 Å². The maximum absolute atomic E-state index is 13.1. The zero-order valence-electron chi connectivity index (χ0n) is 10.6. The van der Waals surface area contributed by atoms with Crippen LogP contribution in [0.1, 0.15) is 25.7 Å². The fourth-order valence-electron chi connectivity index (χ4n) is 2.74. The first kappa shape index (κ1) is 16.0. The molecule has 1 atom stereocenters. The molecule has 2 nitrogen and oxygen atoms in total. The van der Waals surface area contributed by atoms with Crippen molar-refractivity contribution in [1.29, 1.82) is 0 Å². The molecule has 116 valence electrons. The van der Waals surface area contributed by atoms with Crippen molar-refractivity contribution >= 4 is 17.5 Å². The van der Waals surface area contributed by atoms with Crippen molar-refractivity contribution in [2.45, 2.75) is 43.4 Å². The van der Waals surface area contributed by atoms with Crippen LogP contribution in [0.4, 0.5) is 22.0 Å². The van der Waals surface area contributed by atoms with Gasteiger partial charge in [-0.2, -0.15) is 33.7 Å². The Hall–Kier alpha value is -0.370. The summed E-state index contributed by atoms with van der Waals surface area (Å²) in [5.41, 5.74) is -0.689. The molecule has 0 aromatic rings. The van der Waals surface area contributed by atoms with Crippen molar-refractivity contribution in [2.24, 2.45) is 5.92 Å². The molecule has 1 unspecified atom stereocenters. The maximum atomic E-state index is 13.1. The lowest BCUT2D eigenvalue weighted by atomic mass is 9.79. The van der Waals surface area contributed by atoms with E-state index in [9.17, 15) is 26.7 Å². The molecule has 0 saturated carbocycles. The van der Waals surface area contributed by atoms with E-state index >= 15 is 0 Å². The van der Waals surface area contributed by atoms with Gasteiger partial charge >= 0.3 is 12.1 Å². The fourth-order valence-corrected chi connectivity index (χ4v) is 3.98. The lowest BCUT2D eigenvalue weighted by Crippen LogP contribution is -2.51. The van der Waals surface area contributed by atoms with E-state index in [4.69, 9.17) is 4.74 Å². The monoisotopic (exact) mass is 318 g/mol.